The number of aromatic nitrogens is 4. The Bertz CT molecular complexity index is 1210. The van der Waals surface area contributed by atoms with E-state index in [4.69, 9.17) is 4.74 Å². The summed E-state index contributed by atoms with van der Waals surface area (Å²) in [6.07, 6.45) is 5.18. The van der Waals surface area contributed by atoms with Gasteiger partial charge in [-0.05, 0) is 49.6 Å². The Morgan fingerprint density at radius 3 is 2.73 bits per heavy atom. The molecule has 1 aliphatic rings. The number of ether oxygens (including phenoxy) is 1. The Morgan fingerprint density at radius 1 is 1.27 bits per heavy atom. The van der Waals surface area contributed by atoms with Crippen molar-refractivity contribution in [2.75, 3.05) is 13.7 Å². The highest BCUT2D eigenvalue weighted by molar-refractivity contribution is 7.89. The maximum absolute atomic E-state index is 12.9. The molecule has 10 heteroatoms. The van der Waals surface area contributed by atoms with Crippen LogP contribution < -0.4 is 15.1 Å². The molecule has 158 valence electrons. The van der Waals surface area contributed by atoms with E-state index in [2.05, 4.69) is 14.8 Å². The highest BCUT2D eigenvalue weighted by Gasteiger charge is 2.30. The summed E-state index contributed by atoms with van der Waals surface area (Å²) in [5.74, 6) is 0.820. The number of hydrogen-bond donors (Lipinski definition) is 1. The number of hydrogen-bond acceptors (Lipinski definition) is 6. The number of nitrogens with one attached hydrogen (secondary N) is 1. The topological polar surface area (TPSA) is 108 Å². The maximum atomic E-state index is 12.9. The van der Waals surface area contributed by atoms with Gasteiger partial charge in [0.1, 0.15) is 10.6 Å². The number of aryl methyl sites for hydroxylation is 1. The quantitative estimate of drug-likeness (QED) is 0.584. The summed E-state index contributed by atoms with van der Waals surface area (Å²) >= 11 is 0. The van der Waals surface area contributed by atoms with Crippen molar-refractivity contribution in [2.45, 2.75) is 37.2 Å². The molecule has 3 aromatic rings. The van der Waals surface area contributed by atoms with Crippen molar-refractivity contribution in [1.82, 2.24) is 24.1 Å². The van der Waals surface area contributed by atoms with Crippen molar-refractivity contribution in [1.29, 1.82) is 0 Å². The average molecular weight is 430 g/mol. The third-order valence-corrected chi connectivity index (χ3v) is 6.41. The van der Waals surface area contributed by atoms with Gasteiger partial charge in [0.25, 0.3) is 0 Å². The number of methoxy groups -OCH3 is 1. The lowest BCUT2D eigenvalue weighted by Crippen LogP contribution is -2.32. The minimum absolute atomic E-state index is 0.0213. The van der Waals surface area contributed by atoms with E-state index in [1.807, 2.05) is 13.0 Å². The van der Waals surface area contributed by atoms with E-state index < -0.39 is 10.0 Å². The molecule has 9 nitrogen and oxygen atoms in total. The fourth-order valence-electron chi connectivity index (χ4n) is 3.28. The van der Waals surface area contributed by atoms with Crippen LogP contribution in [-0.2, 0) is 16.6 Å². The number of benzene rings is 1. The molecular weight excluding hydrogens is 406 g/mol. The minimum atomic E-state index is -3.80. The summed E-state index contributed by atoms with van der Waals surface area (Å²) in [4.78, 5) is 17.0. The van der Waals surface area contributed by atoms with Crippen LogP contribution in [0.25, 0.3) is 11.4 Å². The zero-order chi connectivity index (χ0) is 21.3. The SMILES string of the molecule is COc1ccc(C)cc1S(=O)(=O)NCCn1nc(-c2cccnc2)n(C2CC2)c1=O. The summed E-state index contributed by atoms with van der Waals surface area (Å²) in [6, 6.07) is 8.72. The summed E-state index contributed by atoms with van der Waals surface area (Å²) in [5.41, 5.74) is 1.31. The summed E-state index contributed by atoms with van der Waals surface area (Å²) in [7, 11) is -2.38. The van der Waals surface area contributed by atoms with E-state index >= 15 is 0 Å². The van der Waals surface area contributed by atoms with Gasteiger partial charge < -0.3 is 4.74 Å². The molecule has 0 spiro atoms. The van der Waals surface area contributed by atoms with Crippen LogP contribution in [-0.4, -0.2) is 41.4 Å². The monoisotopic (exact) mass is 429 g/mol. The zero-order valence-corrected chi connectivity index (χ0v) is 17.6. The van der Waals surface area contributed by atoms with Crippen LogP contribution in [0.2, 0.25) is 0 Å². The van der Waals surface area contributed by atoms with Gasteiger partial charge in [0.15, 0.2) is 5.82 Å². The Balaban J connectivity index is 1.55. The number of rotatable bonds is 8. The predicted molar refractivity (Wildman–Crippen MR) is 111 cm³/mol. The largest absolute Gasteiger partial charge is 0.495 e. The van der Waals surface area contributed by atoms with Gasteiger partial charge in [0, 0.05) is 30.5 Å². The van der Waals surface area contributed by atoms with Gasteiger partial charge in [-0.1, -0.05) is 6.07 Å². The van der Waals surface area contributed by atoms with Crippen LogP contribution in [0.3, 0.4) is 0 Å². The highest BCUT2D eigenvalue weighted by atomic mass is 32.2. The van der Waals surface area contributed by atoms with E-state index in [0.29, 0.717) is 5.82 Å². The van der Waals surface area contributed by atoms with Crippen LogP contribution in [0, 0.1) is 6.92 Å². The number of nitrogens with zero attached hydrogens (tertiary/aromatic N) is 4. The van der Waals surface area contributed by atoms with Crippen molar-refractivity contribution >= 4 is 10.0 Å². The molecular formula is C20H23N5O4S. The lowest BCUT2D eigenvalue weighted by Gasteiger charge is -2.11. The Morgan fingerprint density at radius 2 is 2.07 bits per heavy atom. The molecule has 1 saturated carbocycles. The van der Waals surface area contributed by atoms with Crippen LogP contribution in [0.1, 0.15) is 24.4 Å². The lowest BCUT2D eigenvalue weighted by molar-refractivity contribution is 0.402. The Kier molecular flexibility index (Phi) is 5.44. The van der Waals surface area contributed by atoms with Gasteiger partial charge in [-0.25, -0.2) is 22.6 Å². The molecule has 0 atom stereocenters. The Hall–Kier alpha value is -2.98. The van der Waals surface area contributed by atoms with E-state index in [0.717, 1.165) is 24.0 Å². The fourth-order valence-corrected chi connectivity index (χ4v) is 4.55. The predicted octanol–water partition coefficient (Wildman–Crippen LogP) is 1.74. The minimum Gasteiger partial charge on any atom is -0.495 e. The van der Waals surface area contributed by atoms with Crippen molar-refractivity contribution in [3.63, 3.8) is 0 Å². The first-order chi connectivity index (χ1) is 14.4. The van der Waals surface area contributed by atoms with E-state index in [9.17, 15) is 13.2 Å². The molecule has 0 bridgehead atoms. The molecule has 2 aromatic heterocycles. The van der Waals surface area contributed by atoms with Crippen LogP contribution in [0.4, 0.5) is 0 Å². The Labute approximate surface area is 174 Å². The molecule has 0 unspecified atom stereocenters. The van der Waals surface area contributed by atoms with Crippen LogP contribution in [0.5, 0.6) is 5.75 Å². The first kappa shape index (κ1) is 20.3. The highest BCUT2D eigenvalue weighted by Crippen LogP contribution is 2.36. The van der Waals surface area contributed by atoms with E-state index in [1.165, 1.54) is 11.8 Å². The third-order valence-electron chi connectivity index (χ3n) is 4.93. The summed E-state index contributed by atoms with van der Waals surface area (Å²) in [5, 5.41) is 4.45. The van der Waals surface area contributed by atoms with E-state index in [1.54, 1.807) is 41.2 Å². The smallest absolute Gasteiger partial charge is 0.346 e. The number of pyridine rings is 1. The molecule has 1 aromatic carbocycles. The molecule has 1 fully saturated rings. The molecule has 0 amide bonds. The molecule has 4 rings (SSSR count). The van der Waals surface area contributed by atoms with Gasteiger partial charge >= 0.3 is 5.69 Å². The van der Waals surface area contributed by atoms with Crippen molar-refractivity contribution in [3.8, 4) is 17.1 Å². The first-order valence-corrected chi connectivity index (χ1v) is 11.1. The second-order valence-electron chi connectivity index (χ2n) is 7.22. The second-order valence-corrected chi connectivity index (χ2v) is 8.96. The number of sulfonamides is 1. The zero-order valence-electron chi connectivity index (χ0n) is 16.8. The molecule has 2 heterocycles. The molecule has 0 radical (unpaired) electrons. The maximum Gasteiger partial charge on any atom is 0.346 e. The van der Waals surface area contributed by atoms with Crippen molar-refractivity contribution < 1.29 is 13.2 Å². The fraction of sp³-hybridized carbons (Fsp3) is 0.350. The average Bonchev–Trinajstić information content (AvgIpc) is 3.52. The van der Waals surface area contributed by atoms with Crippen LogP contribution in [0.15, 0.2) is 52.4 Å². The van der Waals surface area contributed by atoms with Crippen LogP contribution >= 0.6 is 0 Å². The van der Waals surface area contributed by atoms with Crippen molar-refractivity contribution in [2.24, 2.45) is 0 Å². The molecule has 1 aliphatic carbocycles. The van der Waals surface area contributed by atoms with Gasteiger partial charge in [0.2, 0.25) is 10.0 Å². The standard InChI is InChI=1S/C20H23N5O4S/c1-14-5-8-17(29-2)18(12-14)30(27,28)22-10-11-24-20(26)25(16-6-7-16)19(23-24)15-4-3-9-21-13-15/h3-5,8-9,12-13,16,22H,6-7,10-11H2,1-2H3. The summed E-state index contributed by atoms with van der Waals surface area (Å²) < 4.78 is 36.2. The molecule has 1 N–H and O–H groups in total. The van der Waals surface area contributed by atoms with E-state index in [-0.39, 0.29) is 35.5 Å². The lowest BCUT2D eigenvalue weighted by atomic mass is 10.2. The first-order valence-electron chi connectivity index (χ1n) is 9.65. The van der Waals surface area contributed by atoms with Crippen molar-refractivity contribution in [3.05, 3.63) is 58.8 Å². The molecule has 0 aliphatic heterocycles. The normalized spacial score (nSPS) is 14.1. The third kappa shape index (κ3) is 4.01. The van der Waals surface area contributed by atoms with Gasteiger partial charge in [-0.15, -0.1) is 5.10 Å². The van der Waals surface area contributed by atoms with Gasteiger partial charge in [-0.3, -0.25) is 9.55 Å². The molecule has 0 saturated heterocycles. The van der Waals surface area contributed by atoms with Gasteiger partial charge in [0.05, 0.1) is 13.7 Å². The molecule has 30 heavy (non-hydrogen) atoms. The van der Waals surface area contributed by atoms with Gasteiger partial charge in [-0.2, -0.15) is 0 Å². The summed E-state index contributed by atoms with van der Waals surface area (Å²) in [6.45, 7) is 1.94. The second kappa shape index (κ2) is 8.04.